The van der Waals surface area contributed by atoms with Crippen molar-refractivity contribution in [1.29, 1.82) is 0 Å². The molecule has 0 radical (unpaired) electrons. The summed E-state index contributed by atoms with van der Waals surface area (Å²) in [6.45, 7) is 8.10. The number of hydrogen-bond acceptors (Lipinski definition) is 5. The molecule has 2 aromatic carbocycles. The van der Waals surface area contributed by atoms with Gasteiger partial charge in [0.2, 0.25) is 11.8 Å². The van der Waals surface area contributed by atoms with Crippen LogP contribution in [0.5, 0.6) is 0 Å². The Bertz CT molecular complexity index is 1150. The number of para-hydroxylation sites is 1. The molecule has 3 aromatic rings. The zero-order valence-corrected chi connectivity index (χ0v) is 18.7. The van der Waals surface area contributed by atoms with Crippen LogP contribution in [0.2, 0.25) is 0 Å². The first-order valence-corrected chi connectivity index (χ1v) is 10.9. The summed E-state index contributed by atoms with van der Waals surface area (Å²) in [6, 6.07) is 11.7. The molecule has 0 aliphatic carbocycles. The molecule has 2 amide bonds. The van der Waals surface area contributed by atoms with Crippen molar-refractivity contribution in [2.75, 3.05) is 16.4 Å². The first kappa shape index (κ1) is 23.2. The quantitative estimate of drug-likeness (QED) is 0.376. The minimum atomic E-state index is -0.514. The summed E-state index contributed by atoms with van der Waals surface area (Å²) < 4.78 is 15.5. The molecule has 0 spiro atoms. The van der Waals surface area contributed by atoms with Gasteiger partial charge in [0.15, 0.2) is 5.16 Å². The van der Waals surface area contributed by atoms with Crippen molar-refractivity contribution >= 4 is 35.0 Å². The molecule has 0 saturated heterocycles. The van der Waals surface area contributed by atoms with Crippen molar-refractivity contribution in [3.05, 3.63) is 77.9 Å². The first-order valence-electron chi connectivity index (χ1n) is 9.94. The third kappa shape index (κ3) is 6.04. The van der Waals surface area contributed by atoms with Gasteiger partial charge >= 0.3 is 0 Å². The molecular weight excluding hydrogens is 429 g/mol. The molecular formula is C23H24FN5O2S. The van der Waals surface area contributed by atoms with Gasteiger partial charge in [0.25, 0.3) is 0 Å². The normalized spacial score (nSPS) is 10.6. The maximum Gasteiger partial charge on any atom is 0.234 e. The van der Waals surface area contributed by atoms with Gasteiger partial charge in [-0.05, 0) is 49.2 Å². The lowest BCUT2D eigenvalue weighted by Crippen LogP contribution is -2.18. The highest BCUT2D eigenvalue weighted by atomic mass is 32.2. The van der Waals surface area contributed by atoms with E-state index in [2.05, 4.69) is 27.4 Å². The van der Waals surface area contributed by atoms with Gasteiger partial charge in [-0.3, -0.25) is 9.59 Å². The first-order chi connectivity index (χ1) is 15.4. The topological polar surface area (TPSA) is 88.9 Å². The maximum absolute atomic E-state index is 13.8. The molecule has 0 bridgehead atoms. The Labute approximate surface area is 190 Å². The Morgan fingerprint density at radius 1 is 1.09 bits per heavy atom. The summed E-state index contributed by atoms with van der Waals surface area (Å²) in [6.07, 6.45) is 1.56. The van der Waals surface area contributed by atoms with Gasteiger partial charge in [-0.2, -0.15) is 0 Å². The van der Waals surface area contributed by atoms with Crippen LogP contribution in [0.3, 0.4) is 0 Å². The van der Waals surface area contributed by atoms with Crippen LogP contribution in [0.1, 0.15) is 17.0 Å². The van der Waals surface area contributed by atoms with Crippen LogP contribution in [-0.4, -0.2) is 32.3 Å². The van der Waals surface area contributed by atoms with Gasteiger partial charge in [-0.15, -0.1) is 16.8 Å². The van der Waals surface area contributed by atoms with Gasteiger partial charge in [-0.25, -0.2) is 4.39 Å². The zero-order chi connectivity index (χ0) is 23.1. The largest absolute Gasteiger partial charge is 0.325 e. The Hall–Kier alpha value is -3.46. The number of hydrogen-bond donors (Lipinski definition) is 2. The fraction of sp³-hybridized carbons (Fsp3) is 0.217. The Morgan fingerprint density at radius 2 is 1.88 bits per heavy atom. The maximum atomic E-state index is 13.8. The third-order valence-electron chi connectivity index (χ3n) is 4.69. The van der Waals surface area contributed by atoms with Crippen molar-refractivity contribution in [2.24, 2.45) is 0 Å². The lowest BCUT2D eigenvalue weighted by molar-refractivity contribution is -0.116. The summed E-state index contributed by atoms with van der Waals surface area (Å²) in [5.74, 6) is -0.582. The fourth-order valence-corrected chi connectivity index (χ4v) is 3.68. The van der Waals surface area contributed by atoms with Crippen LogP contribution in [0.25, 0.3) is 0 Å². The molecule has 1 heterocycles. The molecule has 3 rings (SSSR count). The number of benzene rings is 2. The summed E-state index contributed by atoms with van der Waals surface area (Å²) in [4.78, 5) is 24.7. The highest BCUT2D eigenvalue weighted by molar-refractivity contribution is 7.99. The molecule has 166 valence electrons. The lowest BCUT2D eigenvalue weighted by Gasteiger charge is -2.09. The minimum absolute atomic E-state index is 0.0927. The van der Waals surface area contributed by atoms with E-state index in [9.17, 15) is 14.0 Å². The molecule has 2 N–H and O–H groups in total. The van der Waals surface area contributed by atoms with Gasteiger partial charge < -0.3 is 15.2 Å². The molecule has 1 aromatic heterocycles. The fourth-order valence-electron chi connectivity index (χ4n) is 2.92. The second kappa shape index (κ2) is 10.7. The number of carbonyl (C=O) groups is 2. The van der Waals surface area contributed by atoms with Crippen molar-refractivity contribution in [3.8, 4) is 0 Å². The smallest absolute Gasteiger partial charge is 0.234 e. The average molecular weight is 454 g/mol. The summed E-state index contributed by atoms with van der Waals surface area (Å²) in [7, 11) is 0. The van der Waals surface area contributed by atoms with Gasteiger partial charge in [0, 0.05) is 12.2 Å². The monoisotopic (exact) mass is 453 g/mol. The van der Waals surface area contributed by atoms with Crippen LogP contribution in [0.15, 0.2) is 60.3 Å². The molecule has 0 aliphatic heterocycles. The van der Waals surface area contributed by atoms with Crippen molar-refractivity contribution in [2.45, 2.75) is 32.0 Å². The number of amides is 2. The lowest BCUT2D eigenvalue weighted by atomic mass is 10.1. The average Bonchev–Trinajstić information content (AvgIpc) is 3.12. The number of rotatable bonds is 9. The number of halogens is 1. The van der Waals surface area contributed by atoms with E-state index in [1.165, 1.54) is 23.9 Å². The predicted molar refractivity (Wildman–Crippen MR) is 124 cm³/mol. The van der Waals surface area contributed by atoms with Crippen LogP contribution in [0, 0.1) is 19.7 Å². The highest BCUT2D eigenvalue weighted by Crippen LogP contribution is 2.20. The van der Waals surface area contributed by atoms with Crippen molar-refractivity contribution < 1.29 is 14.0 Å². The summed E-state index contributed by atoms with van der Waals surface area (Å²) in [5.41, 5.74) is 3.09. The third-order valence-corrected chi connectivity index (χ3v) is 5.66. The van der Waals surface area contributed by atoms with Gasteiger partial charge in [-0.1, -0.05) is 36.0 Å². The summed E-state index contributed by atoms with van der Waals surface area (Å²) >= 11 is 1.21. The number of aryl methyl sites for hydroxylation is 2. The molecule has 9 heteroatoms. The second-order valence-corrected chi connectivity index (χ2v) is 8.08. The second-order valence-electron chi connectivity index (χ2n) is 7.14. The molecule has 0 fully saturated rings. The van der Waals surface area contributed by atoms with E-state index >= 15 is 0 Å². The molecule has 0 saturated carbocycles. The van der Waals surface area contributed by atoms with E-state index in [-0.39, 0.29) is 23.8 Å². The number of thioether (sulfide) groups is 1. The Morgan fingerprint density at radius 3 is 2.59 bits per heavy atom. The number of anilines is 2. The number of carbonyl (C=O) groups excluding carboxylic acids is 2. The van der Waals surface area contributed by atoms with E-state index in [4.69, 9.17) is 0 Å². The van der Waals surface area contributed by atoms with Crippen LogP contribution < -0.4 is 10.6 Å². The van der Waals surface area contributed by atoms with Crippen LogP contribution in [-0.2, 0) is 22.6 Å². The van der Waals surface area contributed by atoms with Crippen LogP contribution >= 0.6 is 11.8 Å². The minimum Gasteiger partial charge on any atom is -0.325 e. The van der Waals surface area contributed by atoms with E-state index in [0.29, 0.717) is 17.5 Å². The van der Waals surface area contributed by atoms with E-state index in [0.717, 1.165) is 16.8 Å². The van der Waals surface area contributed by atoms with Crippen molar-refractivity contribution in [1.82, 2.24) is 14.8 Å². The number of nitrogens with zero attached hydrogens (tertiary/aromatic N) is 3. The van der Waals surface area contributed by atoms with Crippen molar-refractivity contribution in [3.63, 3.8) is 0 Å². The molecule has 0 unspecified atom stereocenters. The molecule has 0 atom stereocenters. The number of aromatic nitrogens is 3. The van der Waals surface area contributed by atoms with E-state index < -0.39 is 11.7 Å². The predicted octanol–water partition coefficient (Wildman–Crippen LogP) is 4.13. The van der Waals surface area contributed by atoms with E-state index in [1.807, 2.05) is 32.0 Å². The molecule has 7 nitrogen and oxygen atoms in total. The zero-order valence-electron chi connectivity index (χ0n) is 17.9. The Kier molecular flexibility index (Phi) is 7.77. The Balaban J connectivity index is 1.62. The number of nitrogens with one attached hydrogen (secondary N) is 2. The molecule has 32 heavy (non-hydrogen) atoms. The SMILES string of the molecule is C=CCn1c(CC(=O)Nc2ccccc2F)nnc1SCC(=O)Nc1ccc(C)c(C)c1. The van der Waals surface area contributed by atoms with Gasteiger partial charge in [0.1, 0.15) is 11.6 Å². The molecule has 0 aliphatic rings. The van der Waals surface area contributed by atoms with Gasteiger partial charge in [0.05, 0.1) is 17.9 Å². The summed E-state index contributed by atoms with van der Waals surface area (Å²) in [5, 5.41) is 14.1. The highest BCUT2D eigenvalue weighted by Gasteiger charge is 2.17. The standard InChI is InChI=1S/C23H24FN5O2S/c1-4-11-29-20(13-21(30)26-19-8-6-5-7-18(19)24)27-28-23(29)32-14-22(31)25-17-10-9-15(2)16(3)12-17/h4-10,12H,1,11,13-14H2,2-3H3,(H,25,31)(H,26,30). The van der Waals surface area contributed by atoms with Crippen LogP contribution in [0.4, 0.5) is 15.8 Å². The number of allylic oxidation sites excluding steroid dienone is 1. The van der Waals surface area contributed by atoms with E-state index in [1.54, 1.807) is 22.8 Å².